The molecule has 0 N–H and O–H groups in total. The number of hydrogen-bond acceptors (Lipinski definition) is 9. The van der Waals surface area contributed by atoms with E-state index in [4.69, 9.17) is 23.7 Å². The van der Waals surface area contributed by atoms with Gasteiger partial charge < -0.3 is 23.7 Å². The maximum atomic E-state index is 6.36. The van der Waals surface area contributed by atoms with E-state index in [0.717, 1.165) is 66.9 Å². The molecule has 2 atom stereocenters. The van der Waals surface area contributed by atoms with Crippen LogP contribution in [-0.4, -0.2) is 89.8 Å². The molecule has 1 unspecified atom stereocenters. The Morgan fingerprint density at radius 1 is 1.18 bits per heavy atom. The highest BCUT2D eigenvalue weighted by molar-refractivity contribution is 5.84. The number of ether oxygens (including phenoxy) is 5. The fraction of sp³-hybridized carbons (Fsp3) is 0.607. The lowest BCUT2D eigenvalue weighted by molar-refractivity contribution is -0.118. The monoisotopic (exact) mass is 521 g/mol. The number of hydrogen-bond donors (Lipinski definition) is 0. The highest BCUT2D eigenvalue weighted by atomic mass is 16.5. The summed E-state index contributed by atoms with van der Waals surface area (Å²) in [6, 6.07) is 6.38. The van der Waals surface area contributed by atoms with Crippen molar-refractivity contribution in [2.24, 2.45) is 0 Å². The summed E-state index contributed by atoms with van der Waals surface area (Å²) in [6.45, 7) is 7.69. The predicted octanol–water partition coefficient (Wildman–Crippen LogP) is 2.64. The van der Waals surface area contributed by atoms with Crippen LogP contribution in [-0.2, 0) is 37.5 Å². The van der Waals surface area contributed by atoms with Gasteiger partial charge in [0.1, 0.15) is 17.5 Å². The van der Waals surface area contributed by atoms with Crippen molar-refractivity contribution in [1.29, 1.82) is 0 Å². The topological polar surface area (TPSA) is 93.0 Å². The van der Waals surface area contributed by atoms with Crippen molar-refractivity contribution in [1.82, 2.24) is 24.9 Å². The Hall–Kier alpha value is -2.63. The molecule has 10 heteroatoms. The molecule has 8 rings (SSSR count). The van der Waals surface area contributed by atoms with Crippen molar-refractivity contribution in [3.05, 3.63) is 47.4 Å². The number of methoxy groups -OCH3 is 1. The van der Waals surface area contributed by atoms with Crippen molar-refractivity contribution in [3.8, 4) is 5.75 Å². The number of nitrogens with zero attached hydrogens (tertiary/aromatic N) is 5. The minimum absolute atomic E-state index is 0.0425. The zero-order valence-electron chi connectivity index (χ0n) is 22.1. The van der Waals surface area contributed by atoms with E-state index >= 15 is 0 Å². The number of benzene rings is 1. The molecule has 6 heterocycles. The van der Waals surface area contributed by atoms with Crippen LogP contribution in [0.25, 0.3) is 10.9 Å². The molecule has 1 spiro atoms. The van der Waals surface area contributed by atoms with E-state index in [1.807, 2.05) is 25.3 Å². The van der Waals surface area contributed by atoms with Crippen molar-refractivity contribution >= 4 is 10.9 Å². The van der Waals surface area contributed by atoms with Crippen molar-refractivity contribution in [2.75, 3.05) is 53.3 Å². The third-order valence-corrected chi connectivity index (χ3v) is 8.77. The Kier molecular flexibility index (Phi) is 6.12. The number of aromatic nitrogens is 4. The summed E-state index contributed by atoms with van der Waals surface area (Å²) in [5.74, 6) is 0.813. The number of morpholine rings is 1. The van der Waals surface area contributed by atoms with Crippen LogP contribution in [0.2, 0.25) is 0 Å². The Balaban J connectivity index is 1.05. The molecule has 4 fully saturated rings. The molecular weight excluding hydrogens is 486 g/mol. The Labute approximate surface area is 222 Å². The quantitative estimate of drug-likeness (QED) is 0.394. The molecule has 202 valence electrons. The zero-order valence-corrected chi connectivity index (χ0v) is 22.1. The smallest absolute Gasteiger partial charge is 0.141 e. The second kappa shape index (κ2) is 9.53. The average molecular weight is 522 g/mol. The molecule has 0 radical (unpaired) electrons. The van der Waals surface area contributed by atoms with Gasteiger partial charge in [-0.2, -0.15) is 0 Å². The molecule has 4 aliphatic heterocycles. The molecule has 10 nitrogen and oxygen atoms in total. The molecule has 2 aromatic heterocycles. The predicted molar refractivity (Wildman–Crippen MR) is 138 cm³/mol. The maximum Gasteiger partial charge on any atom is 0.141 e. The normalized spacial score (nSPS) is 29.1. The van der Waals surface area contributed by atoms with Gasteiger partial charge in [-0.05, 0) is 55.5 Å². The van der Waals surface area contributed by atoms with E-state index in [9.17, 15) is 0 Å². The SMILES string of the molecule is COCCOCC1COCC23CC(n4cc([C@@H](C)Oc5ccc6ncc7c(c6c5)CCOC7)nn4)(CN12)C3. The first kappa shape index (κ1) is 24.4. The molecular formula is C28H35N5O5. The van der Waals surface area contributed by atoms with Crippen molar-refractivity contribution in [3.63, 3.8) is 0 Å². The molecule has 1 saturated carbocycles. The molecule has 3 saturated heterocycles. The fourth-order valence-corrected chi connectivity index (χ4v) is 6.96. The van der Waals surface area contributed by atoms with Crippen LogP contribution in [0.3, 0.4) is 0 Å². The van der Waals surface area contributed by atoms with Gasteiger partial charge in [0.25, 0.3) is 0 Å². The maximum absolute atomic E-state index is 6.36. The highest BCUT2D eigenvalue weighted by Crippen LogP contribution is 2.59. The molecule has 0 amide bonds. The van der Waals surface area contributed by atoms with Crippen molar-refractivity contribution < 1.29 is 23.7 Å². The summed E-state index contributed by atoms with van der Waals surface area (Å²) >= 11 is 0. The summed E-state index contributed by atoms with van der Waals surface area (Å²) < 4.78 is 31.0. The van der Waals surface area contributed by atoms with E-state index in [0.29, 0.717) is 33.0 Å². The number of fused-ring (bicyclic) bond motifs is 3. The molecule has 1 aromatic carbocycles. The van der Waals surface area contributed by atoms with Crippen LogP contribution in [0.15, 0.2) is 30.6 Å². The molecule has 2 bridgehead atoms. The van der Waals surface area contributed by atoms with Crippen LogP contribution in [0.5, 0.6) is 5.75 Å². The minimum atomic E-state index is -0.225. The number of rotatable bonds is 9. The Morgan fingerprint density at radius 2 is 2.11 bits per heavy atom. The van der Waals surface area contributed by atoms with Gasteiger partial charge in [0.2, 0.25) is 0 Å². The molecule has 3 aromatic rings. The fourth-order valence-electron chi connectivity index (χ4n) is 6.96. The summed E-state index contributed by atoms with van der Waals surface area (Å²) in [5.41, 5.74) is 4.34. The van der Waals surface area contributed by atoms with Crippen LogP contribution in [0.4, 0.5) is 0 Å². The second-order valence-corrected chi connectivity index (χ2v) is 11.3. The third-order valence-electron chi connectivity index (χ3n) is 8.77. The van der Waals surface area contributed by atoms with Gasteiger partial charge in [-0.1, -0.05) is 5.21 Å². The van der Waals surface area contributed by atoms with E-state index in [1.54, 1.807) is 7.11 Å². The van der Waals surface area contributed by atoms with Gasteiger partial charge in [0, 0.05) is 30.8 Å². The molecule has 38 heavy (non-hydrogen) atoms. The van der Waals surface area contributed by atoms with Gasteiger partial charge in [-0.15, -0.1) is 5.10 Å². The average Bonchev–Trinajstić information content (AvgIpc) is 3.63. The Morgan fingerprint density at radius 3 is 3.00 bits per heavy atom. The summed E-state index contributed by atoms with van der Waals surface area (Å²) in [6.07, 6.45) is 6.73. The van der Waals surface area contributed by atoms with E-state index in [2.05, 4.69) is 37.1 Å². The lowest BCUT2D eigenvalue weighted by Crippen LogP contribution is -2.62. The van der Waals surface area contributed by atoms with Gasteiger partial charge >= 0.3 is 0 Å². The van der Waals surface area contributed by atoms with Crippen molar-refractivity contribution in [2.45, 2.75) is 56.0 Å². The van der Waals surface area contributed by atoms with Gasteiger partial charge in [-0.3, -0.25) is 9.88 Å². The second-order valence-electron chi connectivity index (χ2n) is 11.3. The summed E-state index contributed by atoms with van der Waals surface area (Å²) in [4.78, 5) is 7.20. The van der Waals surface area contributed by atoms with E-state index in [-0.39, 0.29) is 23.2 Å². The summed E-state index contributed by atoms with van der Waals surface area (Å²) in [7, 11) is 1.70. The lowest BCUT2D eigenvalue weighted by Gasteiger charge is -2.51. The van der Waals surface area contributed by atoms with Crippen LogP contribution < -0.4 is 4.74 Å². The van der Waals surface area contributed by atoms with Crippen LogP contribution >= 0.6 is 0 Å². The third kappa shape index (κ3) is 4.01. The largest absolute Gasteiger partial charge is 0.484 e. The molecule has 5 aliphatic rings. The first-order valence-electron chi connectivity index (χ1n) is 13.6. The lowest BCUT2D eigenvalue weighted by atomic mass is 9.67. The molecule has 1 aliphatic carbocycles. The first-order chi connectivity index (χ1) is 18.6. The zero-order chi connectivity index (χ0) is 25.7. The van der Waals surface area contributed by atoms with E-state index < -0.39 is 0 Å². The first-order valence-corrected chi connectivity index (χ1v) is 13.6. The van der Waals surface area contributed by atoms with Crippen LogP contribution in [0.1, 0.15) is 42.7 Å². The minimum Gasteiger partial charge on any atom is -0.484 e. The van der Waals surface area contributed by atoms with Crippen LogP contribution in [0, 0.1) is 0 Å². The van der Waals surface area contributed by atoms with E-state index in [1.165, 1.54) is 5.56 Å². The highest BCUT2D eigenvalue weighted by Gasteiger charge is 2.69. The van der Waals surface area contributed by atoms with Gasteiger partial charge in [-0.25, -0.2) is 4.68 Å². The summed E-state index contributed by atoms with van der Waals surface area (Å²) in [5, 5.41) is 10.3. The number of pyridine rings is 1. The van der Waals surface area contributed by atoms with Gasteiger partial charge in [0.05, 0.1) is 69.5 Å². The standard InChI is InChI=1S/C28H35N5O5/c1-19(38-22-3-4-25-24(9-22)23-5-6-35-12-20(23)10-29-25)26-11-33(31-30-26)27-15-28(16-27)18-37-14-21(32(28)17-27)13-36-8-7-34-2/h3-4,9-11,19,21H,5-8,12-18H2,1-2H3/t19-,21?,27?,28?/m1/s1. The van der Waals surface area contributed by atoms with Gasteiger partial charge in [0.15, 0.2) is 0 Å². The Bertz CT molecular complexity index is 1320.